The molecule has 3 nitrogen and oxygen atoms in total. The van der Waals surface area contributed by atoms with Gasteiger partial charge in [0.15, 0.2) is 5.43 Å². The Kier molecular flexibility index (Phi) is 3.22. The zero-order chi connectivity index (χ0) is 15.0. The number of benzene rings is 2. The molecule has 0 spiro atoms. The normalized spacial score (nSPS) is 11.0. The molecule has 106 valence electrons. The summed E-state index contributed by atoms with van der Waals surface area (Å²) in [5.74, 6) is -0.113. The van der Waals surface area contributed by atoms with Crippen LogP contribution in [-0.4, -0.2) is 0 Å². The van der Waals surface area contributed by atoms with Crippen molar-refractivity contribution in [1.29, 1.82) is 0 Å². The molecule has 0 saturated heterocycles. The molecule has 0 aliphatic heterocycles. The van der Waals surface area contributed by atoms with Gasteiger partial charge in [-0.1, -0.05) is 13.0 Å². The van der Waals surface area contributed by atoms with E-state index in [1.54, 1.807) is 6.07 Å². The van der Waals surface area contributed by atoms with E-state index < -0.39 is 5.82 Å². The number of hydrogen-bond acceptors (Lipinski definition) is 3. The lowest BCUT2D eigenvalue weighted by Gasteiger charge is -2.05. The van der Waals surface area contributed by atoms with Crippen LogP contribution in [0.2, 0.25) is 0 Å². The van der Waals surface area contributed by atoms with Crippen molar-refractivity contribution >= 4 is 16.7 Å². The number of nitrogens with two attached hydrogens (primary N) is 1. The number of hydrogen-bond donors (Lipinski definition) is 1. The van der Waals surface area contributed by atoms with Crippen LogP contribution in [0.15, 0.2) is 51.7 Å². The maximum absolute atomic E-state index is 13.2. The standard InChI is InChI=1S/C17H14FNO2/c1-2-10-3-6-16-12(7-10)15(20)9-17(21-16)11-4-5-13(18)14(19)8-11/h3-9H,2,19H2,1H3. The van der Waals surface area contributed by atoms with Gasteiger partial charge in [-0.05, 0) is 42.3 Å². The van der Waals surface area contributed by atoms with Gasteiger partial charge in [0.2, 0.25) is 0 Å². The lowest BCUT2D eigenvalue weighted by molar-refractivity contribution is 0.616. The summed E-state index contributed by atoms with van der Waals surface area (Å²) in [4.78, 5) is 12.2. The summed E-state index contributed by atoms with van der Waals surface area (Å²) in [5.41, 5.74) is 7.62. The predicted octanol–water partition coefficient (Wildman–Crippen LogP) is 3.74. The van der Waals surface area contributed by atoms with Crippen LogP contribution in [0.25, 0.3) is 22.3 Å². The number of aryl methyl sites for hydroxylation is 1. The van der Waals surface area contributed by atoms with Crippen molar-refractivity contribution in [3.63, 3.8) is 0 Å². The van der Waals surface area contributed by atoms with Crippen molar-refractivity contribution in [2.24, 2.45) is 0 Å². The average Bonchev–Trinajstić information content (AvgIpc) is 2.49. The first-order chi connectivity index (χ1) is 10.1. The van der Waals surface area contributed by atoms with Crippen molar-refractivity contribution in [2.45, 2.75) is 13.3 Å². The minimum atomic E-state index is -0.491. The van der Waals surface area contributed by atoms with E-state index in [4.69, 9.17) is 10.2 Å². The van der Waals surface area contributed by atoms with E-state index in [1.165, 1.54) is 24.3 Å². The first kappa shape index (κ1) is 13.4. The van der Waals surface area contributed by atoms with E-state index in [9.17, 15) is 9.18 Å². The summed E-state index contributed by atoms with van der Waals surface area (Å²) in [7, 11) is 0. The molecule has 3 aromatic rings. The van der Waals surface area contributed by atoms with Gasteiger partial charge in [0.1, 0.15) is 17.2 Å². The fraction of sp³-hybridized carbons (Fsp3) is 0.118. The van der Waals surface area contributed by atoms with Crippen molar-refractivity contribution in [2.75, 3.05) is 5.73 Å². The maximum atomic E-state index is 13.2. The lowest BCUT2D eigenvalue weighted by atomic mass is 10.1. The van der Waals surface area contributed by atoms with Crippen LogP contribution in [0, 0.1) is 5.82 Å². The number of rotatable bonds is 2. The molecule has 2 N–H and O–H groups in total. The van der Waals surface area contributed by atoms with Crippen molar-refractivity contribution in [3.05, 3.63) is 64.1 Å². The highest BCUT2D eigenvalue weighted by atomic mass is 19.1. The predicted molar refractivity (Wildman–Crippen MR) is 81.7 cm³/mol. The first-order valence-corrected chi connectivity index (χ1v) is 6.70. The van der Waals surface area contributed by atoms with Gasteiger partial charge in [-0.3, -0.25) is 4.79 Å². The van der Waals surface area contributed by atoms with Gasteiger partial charge < -0.3 is 10.2 Å². The van der Waals surface area contributed by atoms with Crippen molar-refractivity contribution in [3.8, 4) is 11.3 Å². The third kappa shape index (κ3) is 2.40. The van der Waals surface area contributed by atoms with Crippen LogP contribution < -0.4 is 11.2 Å². The zero-order valence-corrected chi connectivity index (χ0v) is 11.5. The summed E-state index contributed by atoms with van der Waals surface area (Å²) in [6, 6.07) is 11.2. The van der Waals surface area contributed by atoms with Crippen LogP contribution in [0.5, 0.6) is 0 Å². The molecule has 3 rings (SSSR count). The molecule has 0 amide bonds. The minimum Gasteiger partial charge on any atom is -0.456 e. The molecule has 0 saturated carbocycles. The highest BCUT2D eigenvalue weighted by Crippen LogP contribution is 2.25. The second kappa shape index (κ2) is 5.05. The Balaban J connectivity index is 2.20. The largest absolute Gasteiger partial charge is 0.456 e. The molecule has 4 heteroatoms. The van der Waals surface area contributed by atoms with Gasteiger partial charge in [0.05, 0.1) is 11.1 Å². The molecule has 21 heavy (non-hydrogen) atoms. The third-order valence-corrected chi connectivity index (χ3v) is 3.48. The number of nitrogen functional groups attached to an aromatic ring is 1. The quantitative estimate of drug-likeness (QED) is 0.729. The molecular formula is C17H14FNO2. The van der Waals surface area contributed by atoms with E-state index in [-0.39, 0.29) is 11.1 Å². The topological polar surface area (TPSA) is 56.2 Å². The van der Waals surface area contributed by atoms with E-state index in [1.807, 2.05) is 19.1 Å². The van der Waals surface area contributed by atoms with Crippen LogP contribution >= 0.6 is 0 Å². The summed E-state index contributed by atoms with van der Waals surface area (Å²) >= 11 is 0. The fourth-order valence-electron chi connectivity index (χ4n) is 2.26. The van der Waals surface area contributed by atoms with Crippen molar-refractivity contribution < 1.29 is 8.81 Å². The number of fused-ring (bicyclic) bond motifs is 1. The number of anilines is 1. The highest BCUT2D eigenvalue weighted by Gasteiger charge is 2.09. The first-order valence-electron chi connectivity index (χ1n) is 6.70. The van der Waals surface area contributed by atoms with E-state index in [0.717, 1.165) is 12.0 Å². The molecule has 0 radical (unpaired) electrons. The monoisotopic (exact) mass is 283 g/mol. The Bertz CT molecular complexity index is 884. The second-order valence-corrected chi connectivity index (χ2v) is 4.90. The third-order valence-electron chi connectivity index (χ3n) is 3.48. The SMILES string of the molecule is CCc1ccc2oc(-c3ccc(F)c(N)c3)cc(=O)c2c1. The van der Waals surface area contributed by atoms with E-state index in [2.05, 4.69) is 0 Å². The van der Waals surface area contributed by atoms with Crippen LogP contribution in [-0.2, 0) is 6.42 Å². The van der Waals surface area contributed by atoms with Crippen molar-refractivity contribution in [1.82, 2.24) is 0 Å². The summed E-state index contributed by atoms with van der Waals surface area (Å²) < 4.78 is 19.0. The van der Waals surface area contributed by atoms with Gasteiger partial charge in [0.25, 0.3) is 0 Å². The summed E-state index contributed by atoms with van der Waals surface area (Å²) in [6.45, 7) is 2.03. The Labute approximate surface area is 120 Å². The molecule has 1 aromatic heterocycles. The maximum Gasteiger partial charge on any atom is 0.193 e. The van der Waals surface area contributed by atoms with Crippen LogP contribution in [0.4, 0.5) is 10.1 Å². The summed E-state index contributed by atoms with van der Waals surface area (Å²) in [6.07, 6.45) is 0.853. The van der Waals surface area contributed by atoms with Gasteiger partial charge >= 0.3 is 0 Å². The minimum absolute atomic E-state index is 0.0246. The van der Waals surface area contributed by atoms with Gasteiger partial charge in [0, 0.05) is 11.6 Å². The van der Waals surface area contributed by atoms with Crippen LogP contribution in [0.3, 0.4) is 0 Å². The molecule has 1 heterocycles. The Morgan fingerprint density at radius 3 is 2.67 bits per heavy atom. The smallest absolute Gasteiger partial charge is 0.193 e. The average molecular weight is 283 g/mol. The molecule has 0 atom stereocenters. The molecule has 0 unspecified atom stereocenters. The zero-order valence-electron chi connectivity index (χ0n) is 11.5. The lowest BCUT2D eigenvalue weighted by Crippen LogP contribution is -2.01. The molecular weight excluding hydrogens is 269 g/mol. The molecule has 0 bridgehead atoms. The van der Waals surface area contributed by atoms with Gasteiger partial charge in [-0.25, -0.2) is 4.39 Å². The van der Waals surface area contributed by atoms with E-state index >= 15 is 0 Å². The Morgan fingerprint density at radius 1 is 1.14 bits per heavy atom. The van der Waals surface area contributed by atoms with Crippen LogP contribution in [0.1, 0.15) is 12.5 Å². The number of halogens is 1. The molecule has 2 aromatic carbocycles. The summed E-state index contributed by atoms with van der Waals surface area (Å²) in [5, 5.41) is 0.549. The molecule has 0 aliphatic carbocycles. The Morgan fingerprint density at radius 2 is 1.95 bits per heavy atom. The van der Waals surface area contributed by atoms with Gasteiger partial charge in [-0.2, -0.15) is 0 Å². The fourth-order valence-corrected chi connectivity index (χ4v) is 2.26. The Hall–Kier alpha value is -2.62. The molecule has 0 fully saturated rings. The molecule has 0 aliphatic rings. The van der Waals surface area contributed by atoms with E-state index in [0.29, 0.717) is 22.3 Å². The highest BCUT2D eigenvalue weighted by molar-refractivity contribution is 5.79. The van der Waals surface area contributed by atoms with Gasteiger partial charge in [-0.15, -0.1) is 0 Å². The second-order valence-electron chi connectivity index (χ2n) is 4.90.